The molecule has 35 heavy (non-hydrogen) atoms. The Morgan fingerprint density at radius 2 is 2.09 bits per heavy atom. The lowest BCUT2D eigenvalue weighted by Gasteiger charge is -2.14. The minimum atomic E-state index is -0.469. The fourth-order valence-corrected chi connectivity index (χ4v) is 4.37. The maximum absolute atomic E-state index is 12.8. The van der Waals surface area contributed by atoms with E-state index >= 15 is 0 Å². The number of allylic oxidation sites excluding steroid dienone is 6. The van der Waals surface area contributed by atoms with E-state index in [2.05, 4.69) is 49.3 Å². The molecule has 1 unspecified atom stereocenters. The summed E-state index contributed by atoms with van der Waals surface area (Å²) in [6.45, 7) is 8.18. The Labute approximate surface area is 212 Å². The van der Waals surface area contributed by atoms with Gasteiger partial charge in [0.1, 0.15) is 11.3 Å². The number of nitrogens with one attached hydrogen (secondary N) is 2. The van der Waals surface area contributed by atoms with E-state index in [0.29, 0.717) is 23.4 Å². The molecule has 7 nitrogen and oxygen atoms in total. The number of carbonyl (C=O) groups excluding carboxylic acids is 1. The molecular formula is C27H26BrN5O2. The standard InChI is InChI=1S/C27H26BrN5O2/c1-4-18(20-9-5-6-10-21(20)29-3)15-33-16-30-26-23(33)13-12-17(2)25(26)32-27(35)31-22-14-19(28)8-7-11-24(22)34/h4-14,16,19,34H,3,15H2,1-2H3,(H2,31,32,35)/b18-4-. The third-order valence-electron chi connectivity index (χ3n) is 5.75. The Morgan fingerprint density at radius 1 is 1.29 bits per heavy atom. The van der Waals surface area contributed by atoms with Crippen LogP contribution in [0.2, 0.25) is 0 Å². The molecule has 0 radical (unpaired) electrons. The summed E-state index contributed by atoms with van der Waals surface area (Å²) in [4.78, 5) is 21.5. The average molecular weight is 532 g/mol. The van der Waals surface area contributed by atoms with Crippen molar-refractivity contribution in [2.24, 2.45) is 4.99 Å². The van der Waals surface area contributed by atoms with Gasteiger partial charge in [0.05, 0.1) is 33.7 Å². The molecule has 3 aromatic rings. The molecule has 1 aliphatic carbocycles. The number of para-hydroxylation sites is 1. The summed E-state index contributed by atoms with van der Waals surface area (Å²) < 4.78 is 2.04. The molecule has 0 bridgehead atoms. The van der Waals surface area contributed by atoms with Crippen molar-refractivity contribution in [2.45, 2.75) is 25.2 Å². The zero-order valence-corrected chi connectivity index (χ0v) is 21.1. The van der Waals surface area contributed by atoms with Gasteiger partial charge in [-0.2, -0.15) is 0 Å². The highest BCUT2D eigenvalue weighted by Gasteiger charge is 2.17. The zero-order valence-electron chi connectivity index (χ0n) is 19.5. The van der Waals surface area contributed by atoms with Crippen molar-refractivity contribution in [2.75, 3.05) is 5.32 Å². The number of alkyl halides is 1. The number of aliphatic imine (C=N–C) groups is 1. The molecule has 1 aliphatic rings. The zero-order chi connectivity index (χ0) is 24.9. The number of imidazole rings is 1. The van der Waals surface area contributed by atoms with Crippen molar-refractivity contribution in [1.82, 2.24) is 14.9 Å². The van der Waals surface area contributed by atoms with Crippen molar-refractivity contribution in [3.8, 4) is 0 Å². The first-order chi connectivity index (χ1) is 16.9. The van der Waals surface area contributed by atoms with Gasteiger partial charge in [-0.1, -0.05) is 58.4 Å². The highest BCUT2D eigenvalue weighted by atomic mass is 79.9. The van der Waals surface area contributed by atoms with Crippen LogP contribution >= 0.6 is 15.9 Å². The van der Waals surface area contributed by atoms with Gasteiger partial charge in [0.15, 0.2) is 0 Å². The van der Waals surface area contributed by atoms with Gasteiger partial charge in [-0.05, 0) is 56.0 Å². The number of anilines is 1. The molecule has 1 atom stereocenters. The number of halogens is 1. The van der Waals surface area contributed by atoms with Gasteiger partial charge in [0.2, 0.25) is 0 Å². The van der Waals surface area contributed by atoms with Crippen LogP contribution in [0.1, 0.15) is 18.1 Å². The van der Waals surface area contributed by atoms with E-state index in [4.69, 9.17) is 0 Å². The number of amides is 2. The lowest BCUT2D eigenvalue weighted by atomic mass is 10.0. The number of aryl methyl sites for hydroxylation is 1. The minimum Gasteiger partial charge on any atom is -0.506 e. The van der Waals surface area contributed by atoms with Crippen LogP contribution in [0.5, 0.6) is 0 Å². The predicted molar refractivity (Wildman–Crippen MR) is 147 cm³/mol. The second-order valence-corrected chi connectivity index (χ2v) is 9.08. The number of hydrogen-bond acceptors (Lipinski definition) is 4. The summed E-state index contributed by atoms with van der Waals surface area (Å²) in [5, 5.41) is 15.8. The fourth-order valence-electron chi connectivity index (χ4n) is 3.93. The van der Waals surface area contributed by atoms with E-state index in [-0.39, 0.29) is 10.6 Å². The van der Waals surface area contributed by atoms with Crippen LogP contribution in [-0.4, -0.2) is 32.2 Å². The van der Waals surface area contributed by atoms with Crippen molar-refractivity contribution in [3.05, 3.63) is 95.7 Å². The number of hydrogen-bond donors (Lipinski definition) is 3. The summed E-state index contributed by atoms with van der Waals surface area (Å²) in [6.07, 6.45) is 10.6. The molecule has 0 aliphatic heterocycles. The first kappa shape index (κ1) is 24.2. The van der Waals surface area contributed by atoms with E-state index in [0.717, 1.165) is 27.9 Å². The molecule has 1 heterocycles. The maximum Gasteiger partial charge on any atom is 0.323 e. The molecule has 2 amide bonds. The largest absolute Gasteiger partial charge is 0.506 e. The third kappa shape index (κ3) is 5.27. The monoisotopic (exact) mass is 531 g/mol. The number of nitrogens with zero attached hydrogens (tertiary/aromatic N) is 3. The van der Waals surface area contributed by atoms with Gasteiger partial charge in [-0.3, -0.25) is 4.99 Å². The second-order valence-electron chi connectivity index (χ2n) is 8.03. The number of carbonyl (C=O) groups is 1. The highest BCUT2D eigenvalue weighted by Crippen LogP contribution is 2.30. The summed E-state index contributed by atoms with van der Waals surface area (Å²) in [5.41, 5.74) is 6.29. The van der Waals surface area contributed by atoms with E-state index in [9.17, 15) is 9.90 Å². The Hall–Kier alpha value is -3.91. The molecule has 1 aromatic heterocycles. The molecule has 2 aromatic carbocycles. The average Bonchev–Trinajstić information content (AvgIpc) is 3.19. The minimum absolute atomic E-state index is 0.0225. The van der Waals surface area contributed by atoms with Crippen LogP contribution in [0.4, 0.5) is 16.2 Å². The summed E-state index contributed by atoms with van der Waals surface area (Å²) in [7, 11) is 0. The van der Waals surface area contributed by atoms with Gasteiger partial charge in [0.25, 0.3) is 0 Å². The molecular weight excluding hydrogens is 506 g/mol. The Morgan fingerprint density at radius 3 is 2.86 bits per heavy atom. The molecule has 0 saturated carbocycles. The van der Waals surface area contributed by atoms with Crippen LogP contribution in [0, 0.1) is 6.92 Å². The number of aromatic nitrogens is 2. The lowest BCUT2D eigenvalue weighted by molar-refractivity contribution is 0.253. The molecule has 0 saturated heterocycles. The highest BCUT2D eigenvalue weighted by molar-refractivity contribution is 9.09. The Bertz CT molecular complexity index is 1410. The number of urea groups is 1. The van der Waals surface area contributed by atoms with Gasteiger partial charge >= 0.3 is 6.03 Å². The Kier molecular flexibility index (Phi) is 7.31. The molecule has 0 fully saturated rings. The maximum atomic E-state index is 12.8. The van der Waals surface area contributed by atoms with Gasteiger partial charge in [0, 0.05) is 12.1 Å². The van der Waals surface area contributed by atoms with Crippen molar-refractivity contribution < 1.29 is 9.90 Å². The molecule has 3 N–H and O–H groups in total. The number of benzene rings is 2. The SMILES string of the molecule is C=Nc1ccccc1/C(=C\C)Cn1cnc2c(NC(=O)NC3=CC(Br)C=CC=C3O)c(C)ccc21. The van der Waals surface area contributed by atoms with Gasteiger partial charge < -0.3 is 20.3 Å². The number of fused-ring (bicyclic) bond motifs is 1. The quantitative estimate of drug-likeness (QED) is 0.248. The molecule has 8 heteroatoms. The predicted octanol–water partition coefficient (Wildman–Crippen LogP) is 6.56. The summed E-state index contributed by atoms with van der Waals surface area (Å²) in [6, 6.07) is 11.4. The van der Waals surface area contributed by atoms with Crippen molar-refractivity contribution >= 4 is 56.7 Å². The van der Waals surface area contributed by atoms with Crippen molar-refractivity contribution in [1.29, 1.82) is 0 Å². The topological polar surface area (TPSA) is 91.5 Å². The third-order valence-corrected chi connectivity index (χ3v) is 6.32. The lowest BCUT2D eigenvalue weighted by Crippen LogP contribution is -2.29. The normalized spacial score (nSPS) is 15.9. The van der Waals surface area contributed by atoms with Crippen LogP contribution < -0.4 is 10.6 Å². The van der Waals surface area contributed by atoms with Gasteiger partial charge in [-0.15, -0.1) is 0 Å². The first-order valence-corrected chi connectivity index (χ1v) is 12.0. The Balaban J connectivity index is 1.61. The van der Waals surface area contributed by atoms with Crippen LogP contribution in [0.15, 0.2) is 89.6 Å². The molecule has 0 spiro atoms. The summed E-state index contributed by atoms with van der Waals surface area (Å²) in [5.74, 6) is -0.0225. The first-order valence-electron chi connectivity index (χ1n) is 11.1. The number of rotatable bonds is 6. The number of aliphatic hydroxyl groups is 1. The molecule has 178 valence electrons. The van der Waals surface area contributed by atoms with E-state index in [1.165, 1.54) is 6.08 Å². The summed E-state index contributed by atoms with van der Waals surface area (Å²) >= 11 is 3.46. The second kappa shape index (κ2) is 10.6. The van der Waals surface area contributed by atoms with Crippen LogP contribution in [0.3, 0.4) is 0 Å². The van der Waals surface area contributed by atoms with Crippen molar-refractivity contribution in [3.63, 3.8) is 0 Å². The van der Waals surface area contributed by atoms with Crippen LogP contribution in [0.25, 0.3) is 16.6 Å². The van der Waals surface area contributed by atoms with Gasteiger partial charge in [-0.25, -0.2) is 9.78 Å². The van der Waals surface area contributed by atoms with E-state index in [1.54, 1.807) is 18.5 Å². The van der Waals surface area contributed by atoms with E-state index < -0.39 is 6.03 Å². The number of aliphatic hydroxyl groups excluding tert-OH is 1. The molecule has 4 rings (SSSR count). The van der Waals surface area contributed by atoms with E-state index in [1.807, 2.05) is 60.9 Å². The fraction of sp³-hybridized carbons (Fsp3) is 0.148. The van der Waals surface area contributed by atoms with Crippen LogP contribution in [-0.2, 0) is 6.54 Å². The smallest absolute Gasteiger partial charge is 0.323 e.